The number of thiocarbonyl (C=S) groups is 1. The van der Waals surface area contributed by atoms with Gasteiger partial charge in [-0.1, -0.05) is 0 Å². The summed E-state index contributed by atoms with van der Waals surface area (Å²) in [5.41, 5.74) is -0.0586. The van der Waals surface area contributed by atoms with E-state index in [2.05, 4.69) is 0 Å². The molecule has 0 amide bonds. The average molecular weight is 345 g/mol. The first-order chi connectivity index (χ1) is 11.7. The fourth-order valence-electron chi connectivity index (χ4n) is 9.90. The molecule has 0 bridgehead atoms. The van der Waals surface area contributed by atoms with E-state index in [1.165, 1.54) is 64.2 Å². The van der Waals surface area contributed by atoms with E-state index in [1.807, 2.05) is 0 Å². The molecule has 0 unspecified atom stereocenters. The minimum atomic E-state index is -0.0293. The minimum Gasteiger partial charge on any atom is -0.446 e. The molecule has 7 rings (SSSR count). The van der Waals surface area contributed by atoms with Crippen LogP contribution >= 0.6 is 12.2 Å². The van der Waals surface area contributed by atoms with Gasteiger partial charge in [0.25, 0.3) is 0 Å². The van der Waals surface area contributed by atoms with Crippen molar-refractivity contribution in [1.29, 1.82) is 0 Å². The summed E-state index contributed by atoms with van der Waals surface area (Å²) in [6.07, 6.45) is 14.0. The van der Waals surface area contributed by atoms with Gasteiger partial charge in [0.1, 0.15) is 0 Å². The lowest BCUT2D eigenvalue weighted by atomic mass is 9.67. The molecule has 0 radical (unpaired) electrons. The molecule has 24 heavy (non-hydrogen) atoms. The highest BCUT2D eigenvalue weighted by molar-refractivity contribution is 7.79. The first-order valence-corrected chi connectivity index (χ1v) is 11.0. The van der Waals surface area contributed by atoms with Crippen LogP contribution in [0.4, 0.5) is 0 Å². The third-order valence-electron chi connectivity index (χ3n) is 10.2. The first-order valence-electron chi connectivity index (χ1n) is 10.6. The van der Waals surface area contributed by atoms with Crippen molar-refractivity contribution in [2.45, 2.75) is 75.4 Å². The van der Waals surface area contributed by atoms with Crippen LogP contribution in [0.2, 0.25) is 0 Å². The zero-order chi connectivity index (χ0) is 15.7. The molecular formula is C21H28O2S. The molecule has 130 valence electrons. The summed E-state index contributed by atoms with van der Waals surface area (Å²) in [4.78, 5) is 0. The molecule has 6 aliphatic carbocycles. The lowest BCUT2D eigenvalue weighted by Crippen LogP contribution is -2.57. The van der Waals surface area contributed by atoms with Gasteiger partial charge in [-0.05, 0) is 99.7 Å². The Morgan fingerprint density at radius 1 is 0.625 bits per heavy atom. The molecular weight excluding hydrogens is 316 g/mol. The summed E-state index contributed by atoms with van der Waals surface area (Å²) in [5.74, 6) is 7.15. The Balaban J connectivity index is 1.38. The van der Waals surface area contributed by atoms with Gasteiger partial charge >= 0.3 is 5.24 Å². The zero-order valence-electron chi connectivity index (χ0n) is 14.4. The standard InChI is InChI=1S/C21H28O2S/c24-19-22-20(9-13-3-1-11-5-7-15(20)17(11)13)21(23-19)10-14-4-2-12-6-8-16(21)18(12)14/h11-18H,1-10H2/t11-,12-,13-,14+,15-,16+,17+,18+,20-,21-/m0/s1. The second kappa shape index (κ2) is 4.15. The van der Waals surface area contributed by atoms with Crippen LogP contribution < -0.4 is 0 Å². The smallest absolute Gasteiger partial charge is 0.353 e. The fraction of sp³-hybridized carbons (Fsp3) is 0.952. The molecule has 10 atom stereocenters. The maximum absolute atomic E-state index is 6.64. The molecule has 0 aromatic rings. The highest BCUT2D eigenvalue weighted by Gasteiger charge is 2.79. The van der Waals surface area contributed by atoms with Crippen LogP contribution in [-0.2, 0) is 9.47 Å². The van der Waals surface area contributed by atoms with Gasteiger partial charge < -0.3 is 9.47 Å². The summed E-state index contributed by atoms with van der Waals surface area (Å²) >= 11 is 5.59. The van der Waals surface area contributed by atoms with Crippen LogP contribution in [0.3, 0.4) is 0 Å². The minimum absolute atomic E-state index is 0.0293. The van der Waals surface area contributed by atoms with Crippen LogP contribution in [0.1, 0.15) is 64.2 Å². The highest BCUT2D eigenvalue weighted by atomic mass is 32.1. The van der Waals surface area contributed by atoms with E-state index in [0.29, 0.717) is 5.24 Å². The Morgan fingerprint density at radius 2 is 1.04 bits per heavy atom. The lowest BCUT2D eigenvalue weighted by Gasteiger charge is -2.44. The molecule has 0 N–H and O–H groups in total. The van der Waals surface area contributed by atoms with Gasteiger partial charge in [0.2, 0.25) is 0 Å². The van der Waals surface area contributed by atoms with Crippen molar-refractivity contribution >= 4 is 17.5 Å². The van der Waals surface area contributed by atoms with Gasteiger partial charge in [-0.2, -0.15) is 0 Å². The van der Waals surface area contributed by atoms with Gasteiger partial charge in [0, 0.05) is 24.1 Å². The van der Waals surface area contributed by atoms with Crippen LogP contribution in [0.5, 0.6) is 0 Å². The molecule has 1 aliphatic heterocycles. The second-order valence-corrected chi connectivity index (χ2v) is 10.7. The van der Waals surface area contributed by atoms with Crippen LogP contribution in [0.15, 0.2) is 0 Å². The Labute approximate surface area is 150 Å². The monoisotopic (exact) mass is 344 g/mol. The number of fused-ring (bicyclic) bond motifs is 3. The first kappa shape index (κ1) is 13.8. The Morgan fingerprint density at radius 3 is 1.54 bits per heavy atom. The van der Waals surface area contributed by atoms with E-state index in [9.17, 15) is 0 Å². The molecule has 2 nitrogen and oxygen atoms in total. The average Bonchev–Trinajstić information content (AvgIpc) is 3.32. The third kappa shape index (κ3) is 1.29. The molecule has 0 aromatic carbocycles. The van der Waals surface area contributed by atoms with Crippen molar-refractivity contribution in [2.75, 3.05) is 0 Å². The quantitative estimate of drug-likeness (QED) is 0.593. The predicted molar refractivity (Wildman–Crippen MR) is 94.3 cm³/mol. The van der Waals surface area contributed by atoms with Gasteiger partial charge in [0.05, 0.1) is 0 Å². The molecule has 1 heterocycles. The number of ether oxygens (including phenoxy) is 2. The fourth-order valence-corrected chi connectivity index (χ4v) is 10.2. The topological polar surface area (TPSA) is 18.5 Å². The van der Waals surface area contributed by atoms with E-state index >= 15 is 0 Å². The lowest BCUT2D eigenvalue weighted by molar-refractivity contribution is -0.106. The number of rotatable bonds is 0. The highest BCUT2D eigenvalue weighted by Crippen LogP contribution is 2.74. The molecule has 2 spiro atoms. The molecule has 6 saturated carbocycles. The molecule has 0 aromatic heterocycles. The van der Waals surface area contributed by atoms with Crippen LogP contribution in [0, 0.1) is 47.3 Å². The summed E-state index contributed by atoms with van der Waals surface area (Å²) in [6.45, 7) is 0. The Bertz CT molecular complexity index is 581. The third-order valence-corrected chi connectivity index (χ3v) is 10.4. The SMILES string of the molecule is S=C1O[C@]2(C[C@H]3CC[C@H]4CC[C@@H]2[C@H]43)[C@@]2(C[C@@H]3CC[C@H]4CC[C@H]2[C@H]43)O1. The van der Waals surface area contributed by atoms with E-state index in [1.54, 1.807) is 0 Å². The molecule has 7 fully saturated rings. The summed E-state index contributed by atoms with van der Waals surface area (Å²) in [7, 11) is 0. The zero-order valence-corrected chi connectivity index (χ0v) is 15.2. The summed E-state index contributed by atoms with van der Waals surface area (Å²) in [6, 6.07) is 0. The summed E-state index contributed by atoms with van der Waals surface area (Å²) in [5, 5.41) is 0.516. The van der Waals surface area contributed by atoms with E-state index in [4.69, 9.17) is 21.7 Å². The van der Waals surface area contributed by atoms with Gasteiger partial charge in [0.15, 0.2) is 11.2 Å². The van der Waals surface area contributed by atoms with Crippen molar-refractivity contribution in [1.82, 2.24) is 0 Å². The van der Waals surface area contributed by atoms with Crippen molar-refractivity contribution in [3.8, 4) is 0 Å². The van der Waals surface area contributed by atoms with Gasteiger partial charge in [-0.15, -0.1) is 0 Å². The van der Waals surface area contributed by atoms with Gasteiger partial charge in [-0.25, -0.2) is 0 Å². The van der Waals surface area contributed by atoms with E-state index in [0.717, 1.165) is 47.3 Å². The van der Waals surface area contributed by atoms with Crippen LogP contribution in [0.25, 0.3) is 0 Å². The Hall–Kier alpha value is -0.310. The number of hydrogen-bond donors (Lipinski definition) is 0. The Kier molecular flexibility index (Phi) is 2.40. The van der Waals surface area contributed by atoms with Crippen molar-refractivity contribution in [3.05, 3.63) is 0 Å². The maximum atomic E-state index is 6.64. The summed E-state index contributed by atoms with van der Waals surface area (Å²) < 4.78 is 13.3. The maximum Gasteiger partial charge on any atom is 0.353 e. The van der Waals surface area contributed by atoms with E-state index < -0.39 is 0 Å². The normalized spacial score (nSPS) is 64.9. The van der Waals surface area contributed by atoms with Crippen molar-refractivity contribution < 1.29 is 9.47 Å². The number of hydrogen-bond acceptors (Lipinski definition) is 3. The van der Waals surface area contributed by atoms with Crippen LogP contribution in [-0.4, -0.2) is 16.4 Å². The molecule has 3 heteroatoms. The van der Waals surface area contributed by atoms with Gasteiger partial charge in [-0.3, -0.25) is 0 Å². The van der Waals surface area contributed by atoms with E-state index in [-0.39, 0.29) is 11.2 Å². The second-order valence-electron chi connectivity index (χ2n) is 10.4. The largest absolute Gasteiger partial charge is 0.446 e. The molecule has 7 aliphatic rings. The van der Waals surface area contributed by atoms with Crippen molar-refractivity contribution in [3.63, 3.8) is 0 Å². The molecule has 1 saturated heterocycles. The predicted octanol–water partition coefficient (Wildman–Crippen LogP) is 4.71. The van der Waals surface area contributed by atoms with Crippen molar-refractivity contribution in [2.24, 2.45) is 47.3 Å².